The van der Waals surface area contributed by atoms with Crippen LogP contribution in [0.25, 0.3) is 0 Å². The summed E-state index contributed by atoms with van der Waals surface area (Å²) in [5.41, 5.74) is 7.95. The molecule has 3 N–H and O–H groups in total. The van der Waals surface area contributed by atoms with Crippen LogP contribution in [0, 0.1) is 5.41 Å². The molecule has 1 fully saturated rings. The highest BCUT2D eigenvalue weighted by Crippen LogP contribution is 2.58. The van der Waals surface area contributed by atoms with Crippen LogP contribution in [-0.2, 0) is 16.7 Å². The van der Waals surface area contributed by atoms with E-state index in [1.165, 1.54) is 5.56 Å². The van der Waals surface area contributed by atoms with Crippen molar-refractivity contribution in [2.45, 2.75) is 50.2 Å². The van der Waals surface area contributed by atoms with Gasteiger partial charge in [0.15, 0.2) is 0 Å². The minimum absolute atomic E-state index is 0.0822. The topological polar surface area (TPSA) is 55.5 Å². The SMILES string of the molecule is [2H]C([2H])(O)CC1(N)c2cc(Br)ccc2CC12CCC(OC)CC2. The monoisotopic (exact) mass is 355 g/mol. The van der Waals surface area contributed by atoms with Gasteiger partial charge in [-0.05, 0) is 67.2 Å². The van der Waals surface area contributed by atoms with Crippen LogP contribution in [-0.4, -0.2) is 24.9 Å². The molecule has 1 aromatic rings. The molecule has 0 aromatic heterocycles. The Kier molecular flexibility index (Phi) is 3.52. The largest absolute Gasteiger partial charge is 0.396 e. The molecule has 21 heavy (non-hydrogen) atoms. The van der Waals surface area contributed by atoms with Crippen LogP contribution in [0.15, 0.2) is 22.7 Å². The van der Waals surface area contributed by atoms with Crippen molar-refractivity contribution in [2.75, 3.05) is 13.7 Å². The molecule has 0 bridgehead atoms. The first-order chi connectivity index (χ1) is 10.7. The summed E-state index contributed by atoms with van der Waals surface area (Å²) in [5, 5.41) is 9.87. The lowest BCUT2D eigenvalue weighted by atomic mass is 9.61. The second kappa shape index (κ2) is 5.65. The molecule has 3 nitrogen and oxygen atoms in total. The smallest absolute Gasteiger partial charge is 0.0571 e. The van der Waals surface area contributed by atoms with Gasteiger partial charge >= 0.3 is 0 Å². The minimum atomic E-state index is -2.29. The number of nitrogens with two attached hydrogens (primary N) is 1. The van der Waals surface area contributed by atoms with Gasteiger partial charge in [0.1, 0.15) is 0 Å². The lowest BCUT2D eigenvalue weighted by molar-refractivity contribution is -0.0106. The first kappa shape index (κ1) is 13.1. The summed E-state index contributed by atoms with van der Waals surface area (Å²) < 4.78 is 21.8. The summed E-state index contributed by atoms with van der Waals surface area (Å²) in [6.45, 7) is -2.29. The van der Waals surface area contributed by atoms with E-state index in [2.05, 4.69) is 22.0 Å². The number of hydrogen-bond donors (Lipinski definition) is 2. The van der Waals surface area contributed by atoms with Gasteiger partial charge in [-0.15, -0.1) is 0 Å². The molecule has 0 aliphatic heterocycles. The van der Waals surface area contributed by atoms with Crippen molar-refractivity contribution in [2.24, 2.45) is 11.1 Å². The van der Waals surface area contributed by atoms with Crippen LogP contribution in [0.5, 0.6) is 0 Å². The third-order valence-electron chi connectivity index (χ3n) is 5.61. The van der Waals surface area contributed by atoms with Gasteiger partial charge in [-0.3, -0.25) is 0 Å². The zero-order valence-corrected chi connectivity index (χ0v) is 13.9. The average molecular weight is 356 g/mol. The lowest BCUT2D eigenvalue weighted by Gasteiger charge is -2.48. The molecule has 1 aromatic carbocycles. The third kappa shape index (κ3) is 2.37. The first-order valence-electron chi connectivity index (χ1n) is 8.52. The number of rotatable bonds is 3. The Balaban J connectivity index is 2.03. The normalized spacial score (nSPS) is 37.2. The minimum Gasteiger partial charge on any atom is -0.396 e. The molecule has 1 atom stereocenters. The number of ether oxygens (including phenoxy) is 1. The Hall–Kier alpha value is -0.420. The van der Waals surface area contributed by atoms with E-state index in [0.29, 0.717) is 0 Å². The van der Waals surface area contributed by atoms with Crippen molar-refractivity contribution < 1.29 is 12.6 Å². The van der Waals surface area contributed by atoms with E-state index in [9.17, 15) is 5.11 Å². The standard InChI is InChI=1S/C17H24BrNO2/c1-21-14-4-6-16(7-5-14)11-12-2-3-13(18)10-15(12)17(16,19)8-9-20/h2-3,10,14,20H,4-9,11,19H2,1H3/i9D2. The molecule has 0 heterocycles. The fourth-order valence-electron chi connectivity index (χ4n) is 4.34. The van der Waals surface area contributed by atoms with Crippen molar-refractivity contribution in [1.82, 2.24) is 0 Å². The van der Waals surface area contributed by atoms with Gasteiger partial charge in [-0.25, -0.2) is 0 Å². The second-order valence-electron chi connectivity index (χ2n) is 6.50. The quantitative estimate of drug-likeness (QED) is 0.875. The highest BCUT2D eigenvalue weighted by Gasteiger charge is 2.55. The van der Waals surface area contributed by atoms with Gasteiger partial charge in [0.05, 0.1) is 8.85 Å². The van der Waals surface area contributed by atoms with E-state index in [-0.39, 0.29) is 17.9 Å². The summed E-state index contributed by atoms with van der Waals surface area (Å²) in [6.07, 6.45) is 4.67. The molecule has 0 amide bonds. The Morgan fingerprint density at radius 3 is 2.81 bits per heavy atom. The van der Waals surface area contributed by atoms with E-state index in [1.54, 1.807) is 7.11 Å². The molecule has 2 aliphatic carbocycles. The van der Waals surface area contributed by atoms with E-state index < -0.39 is 12.1 Å². The van der Waals surface area contributed by atoms with Crippen LogP contribution < -0.4 is 5.73 Å². The molecule has 3 rings (SSSR count). The van der Waals surface area contributed by atoms with E-state index >= 15 is 0 Å². The first-order valence-corrected chi connectivity index (χ1v) is 8.31. The van der Waals surface area contributed by atoms with Crippen molar-refractivity contribution in [3.05, 3.63) is 33.8 Å². The van der Waals surface area contributed by atoms with Crippen LogP contribution >= 0.6 is 15.9 Å². The number of benzene rings is 1. The van der Waals surface area contributed by atoms with Crippen molar-refractivity contribution in [1.29, 1.82) is 0 Å². The molecule has 1 saturated carbocycles. The Labute approximate surface area is 137 Å². The summed E-state index contributed by atoms with van der Waals surface area (Å²) in [5.74, 6) is 0. The van der Waals surface area contributed by atoms with E-state index in [0.717, 1.165) is 42.1 Å². The van der Waals surface area contributed by atoms with Crippen LogP contribution in [0.2, 0.25) is 0 Å². The second-order valence-corrected chi connectivity index (χ2v) is 7.42. The number of halogens is 1. The van der Waals surface area contributed by atoms with Crippen molar-refractivity contribution in [3.63, 3.8) is 0 Å². The average Bonchev–Trinajstić information content (AvgIpc) is 2.68. The summed E-state index contributed by atoms with van der Waals surface area (Å²) in [7, 11) is 1.74. The number of aliphatic hydroxyl groups is 1. The van der Waals surface area contributed by atoms with Crippen molar-refractivity contribution >= 4 is 15.9 Å². The highest BCUT2D eigenvalue weighted by atomic mass is 79.9. The van der Waals surface area contributed by atoms with Gasteiger partial charge in [0.25, 0.3) is 0 Å². The summed E-state index contributed by atoms with van der Waals surface area (Å²) in [6, 6.07) is 6.08. The Morgan fingerprint density at radius 1 is 1.48 bits per heavy atom. The van der Waals surface area contributed by atoms with Gasteiger partial charge in [-0.2, -0.15) is 0 Å². The fourth-order valence-corrected chi connectivity index (χ4v) is 4.70. The van der Waals surface area contributed by atoms with Gasteiger partial charge in [0.2, 0.25) is 0 Å². The van der Waals surface area contributed by atoms with Gasteiger partial charge < -0.3 is 15.6 Å². The molecule has 0 radical (unpaired) electrons. The highest BCUT2D eigenvalue weighted by molar-refractivity contribution is 9.10. The Morgan fingerprint density at radius 2 is 2.19 bits per heavy atom. The molecule has 1 spiro atoms. The van der Waals surface area contributed by atoms with E-state index in [1.807, 2.05) is 12.1 Å². The third-order valence-corrected chi connectivity index (χ3v) is 6.10. The maximum Gasteiger partial charge on any atom is 0.0571 e. The fraction of sp³-hybridized carbons (Fsp3) is 0.647. The molecule has 116 valence electrons. The predicted octanol–water partition coefficient (Wildman–Crippen LogP) is 3.12. The Bertz CT molecular complexity index is 597. The summed E-state index contributed by atoms with van der Waals surface area (Å²) in [4.78, 5) is 0. The number of hydrogen-bond acceptors (Lipinski definition) is 3. The molecule has 2 aliphatic rings. The van der Waals surface area contributed by atoms with Crippen LogP contribution in [0.4, 0.5) is 0 Å². The molecule has 4 heteroatoms. The zero-order chi connectivity index (χ0) is 16.9. The van der Waals surface area contributed by atoms with Crippen molar-refractivity contribution in [3.8, 4) is 0 Å². The molecular weight excluding hydrogens is 330 g/mol. The maximum absolute atomic E-state index is 9.87. The lowest BCUT2D eigenvalue weighted by Crippen LogP contribution is -2.52. The number of methoxy groups -OCH3 is 1. The maximum atomic E-state index is 9.87. The molecule has 1 unspecified atom stereocenters. The zero-order valence-electron chi connectivity index (χ0n) is 14.4. The van der Waals surface area contributed by atoms with Gasteiger partial charge in [-0.1, -0.05) is 22.0 Å². The number of fused-ring (bicyclic) bond motifs is 1. The van der Waals surface area contributed by atoms with E-state index in [4.69, 9.17) is 13.2 Å². The molecule has 0 saturated heterocycles. The van der Waals surface area contributed by atoms with Crippen LogP contribution in [0.1, 0.15) is 46.0 Å². The van der Waals surface area contributed by atoms with Gasteiger partial charge in [0, 0.05) is 23.7 Å². The van der Waals surface area contributed by atoms with Crippen LogP contribution in [0.3, 0.4) is 0 Å². The summed E-state index contributed by atoms with van der Waals surface area (Å²) >= 11 is 3.50. The predicted molar refractivity (Wildman–Crippen MR) is 87.1 cm³/mol. The molecular formula is C17H24BrNO2.